The van der Waals surface area contributed by atoms with E-state index in [1.807, 2.05) is 39.0 Å². The number of benzene rings is 2. The smallest absolute Gasteiger partial charge is 0.340 e. The van der Waals surface area contributed by atoms with Gasteiger partial charge >= 0.3 is 5.97 Å². The van der Waals surface area contributed by atoms with E-state index in [1.54, 1.807) is 6.07 Å². The van der Waals surface area contributed by atoms with E-state index in [0.29, 0.717) is 5.02 Å². The molecule has 5 nitrogen and oxygen atoms in total. The zero-order valence-corrected chi connectivity index (χ0v) is 15.2. The number of hydrogen-bond acceptors (Lipinski definition) is 4. The molecule has 1 atom stereocenters. The highest BCUT2D eigenvalue weighted by Crippen LogP contribution is 2.19. The van der Waals surface area contributed by atoms with Crippen molar-refractivity contribution in [2.24, 2.45) is 0 Å². The first kappa shape index (κ1) is 18.8. The number of hydrogen-bond donors (Lipinski definition) is 2. The third-order valence-corrected chi connectivity index (χ3v) is 4.21. The Kier molecular flexibility index (Phi) is 6.04. The lowest BCUT2D eigenvalue weighted by atomic mass is 10.0. The largest absolute Gasteiger partial charge is 0.452 e. The monoisotopic (exact) mass is 360 g/mol. The maximum absolute atomic E-state index is 12.0. The van der Waals surface area contributed by atoms with E-state index < -0.39 is 5.97 Å². The highest BCUT2D eigenvalue weighted by Gasteiger charge is 2.15. The van der Waals surface area contributed by atoms with E-state index >= 15 is 0 Å². The van der Waals surface area contributed by atoms with Gasteiger partial charge in [0.15, 0.2) is 6.61 Å². The summed E-state index contributed by atoms with van der Waals surface area (Å²) in [5, 5.41) is 3.17. The third kappa shape index (κ3) is 4.97. The first-order chi connectivity index (χ1) is 11.8. The van der Waals surface area contributed by atoms with Crippen LogP contribution in [0.25, 0.3) is 0 Å². The SMILES string of the molecule is Cc1ccc([C@@H](C)NC(=O)COC(=O)c2cc(Cl)ccc2N)cc1C. The topological polar surface area (TPSA) is 81.4 Å². The summed E-state index contributed by atoms with van der Waals surface area (Å²) in [6, 6.07) is 10.3. The molecule has 3 N–H and O–H groups in total. The fraction of sp³-hybridized carbons (Fsp3) is 0.263. The Morgan fingerprint density at radius 2 is 1.88 bits per heavy atom. The number of rotatable bonds is 5. The molecule has 0 bridgehead atoms. The molecule has 2 aromatic rings. The van der Waals surface area contributed by atoms with Crippen LogP contribution in [-0.2, 0) is 9.53 Å². The summed E-state index contributed by atoms with van der Waals surface area (Å²) >= 11 is 5.84. The van der Waals surface area contributed by atoms with Crippen molar-refractivity contribution in [3.8, 4) is 0 Å². The molecule has 0 aliphatic carbocycles. The number of carbonyl (C=O) groups is 2. The Bertz CT molecular complexity index is 805. The summed E-state index contributed by atoms with van der Waals surface area (Å²) in [4.78, 5) is 24.0. The van der Waals surface area contributed by atoms with E-state index in [1.165, 1.54) is 17.7 Å². The maximum atomic E-state index is 12.0. The number of esters is 1. The molecule has 0 spiro atoms. The van der Waals surface area contributed by atoms with Gasteiger partial charge in [-0.15, -0.1) is 0 Å². The summed E-state index contributed by atoms with van der Waals surface area (Å²) in [5.41, 5.74) is 9.44. The van der Waals surface area contributed by atoms with Gasteiger partial charge in [0.2, 0.25) is 0 Å². The fourth-order valence-corrected chi connectivity index (χ4v) is 2.49. The average Bonchev–Trinajstić information content (AvgIpc) is 2.57. The van der Waals surface area contributed by atoms with Gasteiger partial charge in [0.1, 0.15) is 0 Å². The Balaban J connectivity index is 1.92. The molecule has 6 heteroatoms. The van der Waals surface area contributed by atoms with Crippen LogP contribution in [0.1, 0.15) is 40.0 Å². The van der Waals surface area contributed by atoms with Crippen molar-refractivity contribution in [1.82, 2.24) is 5.32 Å². The summed E-state index contributed by atoms with van der Waals surface area (Å²) in [5.74, 6) is -1.08. The lowest BCUT2D eigenvalue weighted by Gasteiger charge is -2.16. The number of anilines is 1. The molecule has 0 aromatic heterocycles. The fourth-order valence-electron chi connectivity index (χ4n) is 2.31. The van der Waals surface area contributed by atoms with Crippen molar-refractivity contribution < 1.29 is 14.3 Å². The van der Waals surface area contributed by atoms with Crippen molar-refractivity contribution in [2.45, 2.75) is 26.8 Å². The van der Waals surface area contributed by atoms with E-state index in [2.05, 4.69) is 5.32 Å². The van der Waals surface area contributed by atoms with Crippen LogP contribution >= 0.6 is 11.6 Å². The number of halogens is 1. The molecular weight excluding hydrogens is 340 g/mol. The number of nitrogens with two attached hydrogens (primary N) is 1. The van der Waals surface area contributed by atoms with Crippen LogP contribution in [0.4, 0.5) is 5.69 Å². The molecule has 25 heavy (non-hydrogen) atoms. The van der Waals surface area contributed by atoms with Gasteiger partial charge in [-0.25, -0.2) is 4.79 Å². The van der Waals surface area contributed by atoms with E-state index in [-0.39, 0.29) is 29.8 Å². The number of ether oxygens (including phenoxy) is 1. The summed E-state index contributed by atoms with van der Waals surface area (Å²) in [6.45, 7) is 5.53. The average molecular weight is 361 g/mol. The van der Waals surface area contributed by atoms with E-state index in [4.69, 9.17) is 22.1 Å². The number of nitrogens with one attached hydrogen (secondary N) is 1. The second-order valence-electron chi connectivity index (χ2n) is 5.94. The second kappa shape index (κ2) is 8.03. The van der Waals surface area contributed by atoms with Gasteiger partial charge in [0, 0.05) is 10.7 Å². The maximum Gasteiger partial charge on any atom is 0.340 e. The second-order valence-corrected chi connectivity index (χ2v) is 6.38. The first-order valence-corrected chi connectivity index (χ1v) is 8.24. The van der Waals surface area contributed by atoms with Gasteiger partial charge < -0.3 is 15.8 Å². The number of aryl methyl sites for hydroxylation is 2. The van der Waals surface area contributed by atoms with Crippen molar-refractivity contribution >= 4 is 29.2 Å². The standard InChI is InChI=1S/C19H21ClN2O3/c1-11-4-5-14(8-12(11)2)13(3)22-18(23)10-25-19(24)16-9-15(20)6-7-17(16)21/h4-9,13H,10,21H2,1-3H3,(H,22,23)/t13-/m1/s1. The van der Waals surface area contributed by atoms with Crippen molar-refractivity contribution in [1.29, 1.82) is 0 Å². The molecule has 0 saturated carbocycles. The van der Waals surface area contributed by atoms with Crippen LogP contribution in [0.15, 0.2) is 36.4 Å². The van der Waals surface area contributed by atoms with Crippen molar-refractivity contribution in [2.75, 3.05) is 12.3 Å². The molecule has 1 amide bonds. The van der Waals surface area contributed by atoms with Crippen LogP contribution in [-0.4, -0.2) is 18.5 Å². The molecule has 132 valence electrons. The Morgan fingerprint density at radius 3 is 2.56 bits per heavy atom. The quantitative estimate of drug-likeness (QED) is 0.630. The molecule has 0 unspecified atom stereocenters. The van der Waals surface area contributed by atoms with Crippen LogP contribution in [0.5, 0.6) is 0 Å². The molecule has 0 aliphatic heterocycles. The molecule has 0 aliphatic rings. The summed E-state index contributed by atoms with van der Waals surface area (Å²) < 4.78 is 5.02. The van der Waals surface area contributed by atoms with Crippen LogP contribution < -0.4 is 11.1 Å². The highest BCUT2D eigenvalue weighted by atomic mass is 35.5. The summed E-state index contributed by atoms with van der Waals surface area (Å²) in [7, 11) is 0. The molecule has 0 radical (unpaired) electrons. The zero-order valence-electron chi connectivity index (χ0n) is 14.4. The Hall–Kier alpha value is -2.53. The Morgan fingerprint density at radius 1 is 1.16 bits per heavy atom. The predicted octanol–water partition coefficient (Wildman–Crippen LogP) is 3.57. The minimum absolute atomic E-state index is 0.141. The van der Waals surface area contributed by atoms with Gasteiger partial charge in [-0.2, -0.15) is 0 Å². The minimum atomic E-state index is -0.686. The summed E-state index contributed by atoms with van der Waals surface area (Å²) in [6.07, 6.45) is 0. The lowest BCUT2D eigenvalue weighted by molar-refractivity contribution is -0.124. The van der Waals surface area contributed by atoms with Gasteiger partial charge in [-0.05, 0) is 55.7 Å². The molecule has 0 saturated heterocycles. The van der Waals surface area contributed by atoms with Crippen LogP contribution in [0, 0.1) is 13.8 Å². The third-order valence-electron chi connectivity index (χ3n) is 3.98. The number of carbonyl (C=O) groups excluding carboxylic acids is 2. The molecule has 0 fully saturated rings. The zero-order chi connectivity index (χ0) is 18.6. The van der Waals surface area contributed by atoms with E-state index in [0.717, 1.165) is 11.1 Å². The lowest BCUT2D eigenvalue weighted by Crippen LogP contribution is -2.31. The van der Waals surface area contributed by atoms with Crippen molar-refractivity contribution in [3.63, 3.8) is 0 Å². The molecule has 0 heterocycles. The van der Waals surface area contributed by atoms with Crippen LogP contribution in [0.2, 0.25) is 5.02 Å². The molecule has 2 rings (SSSR count). The van der Waals surface area contributed by atoms with E-state index in [9.17, 15) is 9.59 Å². The van der Waals surface area contributed by atoms with Crippen LogP contribution in [0.3, 0.4) is 0 Å². The predicted molar refractivity (Wildman–Crippen MR) is 98.6 cm³/mol. The highest BCUT2D eigenvalue weighted by molar-refractivity contribution is 6.31. The molecular formula is C19H21ClN2O3. The first-order valence-electron chi connectivity index (χ1n) is 7.86. The normalized spacial score (nSPS) is 11.7. The Labute approximate surface area is 152 Å². The number of amides is 1. The van der Waals surface area contributed by atoms with Crippen molar-refractivity contribution in [3.05, 3.63) is 63.7 Å². The van der Waals surface area contributed by atoms with Gasteiger partial charge in [0.05, 0.1) is 11.6 Å². The molecule has 2 aromatic carbocycles. The van der Waals surface area contributed by atoms with Gasteiger partial charge in [0.25, 0.3) is 5.91 Å². The van der Waals surface area contributed by atoms with Gasteiger partial charge in [-0.3, -0.25) is 4.79 Å². The number of nitrogen functional groups attached to an aromatic ring is 1. The van der Waals surface area contributed by atoms with Gasteiger partial charge in [-0.1, -0.05) is 29.8 Å². The minimum Gasteiger partial charge on any atom is -0.452 e.